The van der Waals surface area contributed by atoms with E-state index in [1.165, 1.54) is 6.26 Å². The molecule has 0 spiro atoms. The average molecular weight is 338 g/mol. The summed E-state index contributed by atoms with van der Waals surface area (Å²) in [6, 6.07) is 12.0. The van der Waals surface area contributed by atoms with Crippen molar-refractivity contribution < 1.29 is 18.5 Å². The van der Waals surface area contributed by atoms with Gasteiger partial charge in [0.15, 0.2) is 11.6 Å². The first-order chi connectivity index (χ1) is 12.1. The smallest absolute Gasteiger partial charge is 0.325 e. The number of aromatic nitrogens is 2. The van der Waals surface area contributed by atoms with Crippen molar-refractivity contribution in [3.8, 4) is 11.7 Å². The van der Waals surface area contributed by atoms with Gasteiger partial charge in [0.25, 0.3) is 11.8 Å². The number of nitrogens with one attached hydrogen (secondary N) is 1. The van der Waals surface area contributed by atoms with Crippen LogP contribution in [0.5, 0.6) is 0 Å². The molecule has 1 saturated heterocycles. The Morgan fingerprint density at radius 2 is 1.96 bits per heavy atom. The molecule has 2 aromatic heterocycles. The maximum Gasteiger partial charge on any atom is 0.325 e. The first kappa shape index (κ1) is 15.1. The van der Waals surface area contributed by atoms with Gasteiger partial charge in [-0.1, -0.05) is 35.5 Å². The summed E-state index contributed by atoms with van der Waals surface area (Å²) in [4.78, 5) is 30.4. The topological polar surface area (TPSA) is 101 Å². The van der Waals surface area contributed by atoms with Gasteiger partial charge in [0.1, 0.15) is 5.54 Å². The van der Waals surface area contributed by atoms with Crippen LogP contribution < -0.4 is 5.32 Å². The third-order valence-electron chi connectivity index (χ3n) is 4.13. The molecular formula is C17H14N4O4. The molecule has 4 rings (SSSR count). The molecule has 25 heavy (non-hydrogen) atoms. The molecule has 8 nitrogen and oxygen atoms in total. The lowest BCUT2D eigenvalue weighted by Crippen LogP contribution is -2.40. The Morgan fingerprint density at radius 1 is 1.16 bits per heavy atom. The fourth-order valence-electron chi connectivity index (χ4n) is 2.77. The lowest BCUT2D eigenvalue weighted by Gasteiger charge is -2.21. The second-order valence-corrected chi connectivity index (χ2v) is 5.81. The van der Waals surface area contributed by atoms with E-state index in [0.29, 0.717) is 11.3 Å². The van der Waals surface area contributed by atoms with E-state index in [-0.39, 0.29) is 24.2 Å². The molecule has 1 aliphatic rings. The molecular weight excluding hydrogens is 324 g/mol. The minimum atomic E-state index is -1.12. The molecule has 1 atom stereocenters. The fourth-order valence-corrected chi connectivity index (χ4v) is 2.77. The van der Waals surface area contributed by atoms with Crippen molar-refractivity contribution in [2.24, 2.45) is 0 Å². The van der Waals surface area contributed by atoms with Crippen molar-refractivity contribution in [1.29, 1.82) is 0 Å². The molecule has 0 radical (unpaired) electrons. The number of nitrogens with zero attached hydrogens (tertiary/aromatic N) is 3. The average Bonchev–Trinajstić information content (AvgIpc) is 3.34. The van der Waals surface area contributed by atoms with Crippen LogP contribution >= 0.6 is 0 Å². The summed E-state index contributed by atoms with van der Waals surface area (Å²) in [5, 5.41) is 6.54. The Kier molecular flexibility index (Phi) is 3.38. The number of furan rings is 1. The number of carbonyl (C=O) groups is 2. The van der Waals surface area contributed by atoms with Gasteiger partial charge in [-0.3, -0.25) is 9.69 Å². The van der Waals surface area contributed by atoms with Crippen LogP contribution in [0.3, 0.4) is 0 Å². The Morgan fingerprint density at radius 3 is 2.68 bits per heavy atom. The molecule has 0 aliphatic carbocycles. The molecule has 3 amide bonds. The van der Waals surface area contributed by atoms with E-state index in [0.717, 1.165) is 4.90 Å². The standard InChI is InChI=1S/C17H14N4O4/c1-17(11-6-3-2-4-7-11)15(22)21(16(23)19-17)10-13-18-14(25-20-13)12-8-5-9-24-12/h2-9H,10H2,1H3,(H,19,23)/t17-/m0/s1. The van der Waals surface area contributed by atoms with Gasteiger partial charge >= 0.3 is 6.03 Å². The summed E-state index contributed by atoms with van der Waals surface area (Å²) in [6.07, 6.45) is 1.49. The summed E-state index contributed by atoms with van der Waals surface area (Å²) in [5.41, 5.74) is -0.411. The SMILES string of the molecule is C[C@@]1(c2ccccc2)NC(=O)N(Cc2noc(-c3ccco3)n2)C1=O. The normalized spacial score (nSPS) is 20.1. The Hall–Kier alpha value is -3.42. The van der Waals surface area contributed by atoms with E-state index >= 15 is 0 Å². The van der Waals surface area contributed by atoms with Crippen LogP contribution in [-0.2, 0) is 16.9 Å². The highest BCUT2D eigenvalue weighted by Crippen LogP contribution is 2.29. The summed E-state index contributed by atoms with van der Waals surface area (Å²) in [7, 11) is 0. The van der Waals surface area contributed by atoms with Crippen LogP contribution in [0.15, 0.2) is 57.7 Å². The maximum atomic E-state index is 12.8. The second kappa shape index (κ2) is 5.59. The molecule has 1 aromatic carbocycles. The number of urea groups is 1. The molecule has 0 saturated carbocycles. The molecule has 3 aromatic rings. The summed E-state index contributed by atoms with van der Waals surface area (Å²) >= 11 is 0. The predicted octanol–water partition coefficient (Wildman–Crippen LogP) is 2.30. The van der Waals surface area contributed by atoms with Crippen molar-refractivity contribution in [3.05, 3.63) is 60.1 Å². The van der Waals surface area contributed by atoms with Gasteiger partial charge in [0.2, 0.25) is 0 Å². The Labute approximate surface area is 142 Å². The second-order valence-electron chi connectivity index (χ2n) is 5.81. The lowest BCUT2D eigenvalue weighted by atomic mass is 9.92. The first-order valence-corrected chi connectivity index (χ1v) is 7.64. The number of hydrogen-bond donors (Lipinski definition) is 1. The number of rotatable bonds is 4. The van der Waals surface area contributed by atoms with Crippen LogP contribution in [0.1, 0.15) is 18.3 Å². The number of carbonyl (C=O) groups excluding carboxylic acids is 2. The molecule has 1 aliphatic heterocycles. The van der Waals surface area contributed by atoms with E-state index in [4.69, 9.17) is 8.94 Å². The van der Waals surface area contributed by atoms with Crippen molar-refractivity contribution >= 4 is 11.9 Å². The monoisotopic (exact) mass is 338 g/mol. The zero-order valence-corrected chi connectivity index (χ0v) is 13.3. The van der Waals surface area contributed by atoms with Crippen molar-refractivity contribution in [3.63, 3.8) is 0 Å². The minimum Gasteiger partial charge on any atom is -0.459 e. The van der Waals surface area contributed by atoms with Crippen LogP contribution in [0.2, 0.25) is 0 Å². The van der Waals surface area contributed by atoms with Gasteiger partial charge in [0, 0.05) is 0 Å². The maximum absolute atomic E-state index is 12.8. The zero-order valence-electron chi connectivity index (χ0n) is 13.3. The minimum absolute atomic E-state index is 0.0860. The van der Waals surface area contributed by atoms with E-state index in [2.05, 4.69) is 15.5 Å². The first-order valence-electron chi connectivity index (χ1n) is 7.64. The lowest BCUT2D eigenvalue weighted by molar-refractivity contribution is -0.131. The van der Waals surface area contributed by atoms with Gasteiger partial charge in [-0.15, -0.1) is 0 Å². The van der Waals surface area contributed by atoms with Crippen LogP contribution in [0.4, 0.5) is 4.79 Å². The highest BCUT2D eigenvalue weighted by atomic mass is 16.5. The van der Waals surface area contributed by atoms with Crippen molar-refractivity contribution in [1.82, 2.24) is 20.4 Å². The molecule has 3 heterocycles. The van der Waals surface area contributed by atoms with Gasteiger partial charge in [0.05, 0.1) is 12.8 Å². The Balaban J connectivity index is 1.57. The molecule has 8 heteroatoms. The third-order valence-corrected chi connectivity index (χ3v) is 4.13. The van der Waals surface area contributed by atoms with E-state index < -0.39 is 11.6 Å². The van der Waals surface area contributed by atoms with Crippen LogP contribution in [0.25, 0.3) is 11.7 Å². The highest BCUT2D eigenvalue weighted by molar-refractivity contribution is 6.07. The van der Waals surface area contributed by atoms with Gasteiger partial charge in [-0.2, -0.15) is 4.98 Å². The largest absolute Gasteiger partial charge is 0.459 e. The summed E-state index contributed by atoms with van der Waals surface area (Å²) in [5.74, 6) is 0.461. The summed E-state index contributed by atoms with van der Waals surface area (Å²) in [6.45, 7) is 1.59. The number of imide groups is 1. The van der Waals surface area contributed by atoms with Crippen molar-refractivity contribution in [2.75, 3.05) is 0 Å². The molecule has 1 fully saturated rings. The molecule has 0 bridgehead atoms. The van der Waals surface area contributed by atoms with Gasteiger partial charge in [-0.05, 0) is 24.6 Å². The number of benzene rings is 1. The van der Waals surface area contributed by atoms with Crippen molar-refractivity contribution in [2.45, 2.75) is 19.0 Å². The quantitative estimate of drug-likeness (QED) is 0.732. The van der Waals surface area contributed by atoms with E-state index in [1.54, 1.807) is 31.2 Å². The van der Waals surface area contributed by atoms with Crippen LogP contribution in [0, 0.1) is 0 Å². The zero-order chi connectivity index (χ0) is 17.4. The fraction of sp³-hybridized carbons (Fsp3) is 0.176. The molecule has 1 N–H and O–H groups in total. The predicted molar refractivity (Wildman–Crippen MR) is 84.9 cm³/mol. The Bertz CT molecular complexity index is 919. The van der Waals surface area contributed by atoms with Gasteiger partial charge in [-0.25, -0.2) is 4.79 Å². The van der Waals surface area contributed by atoms with Crippen LogP contribution in [-0.4, -0.2) is 27.0 Å². The number of hydrogen-bond acceptors (Lipinski definition) is 6. The van der Waals surface area contributed by atoms with E-state index in [1.807, 2.05) is 18.2 Å². The molecule has 126 valence electrons. The molecule has 0 unspecified atom stereocenters. The summed E-state index contributed by atoms with van der Waals surface area (Å²) < 4.78 is 10.3. The number of amides is 3. The van der Waals surface area contributed by atoms with Gasteiger partial charge < -0.3 is 14.3 Å². The van der Waals surface area contributed by atoms with E-state index in [9.17, 15) is 9.59 Å². The third kappa shape index (κ3) is 2.47. The highest BCUT2D eigenvalue weighted by Gasteiger charge is 2.49.